The Bertz CT molecular complexity index is 718. The summed E-state index contributed by atoms with van der Waals surface area (Å²) < 4.78 is 2.41. The highest BCUT2D eigenvalue weighted by Gasteiger charge is 2.32. The summed E-state index contributed by atoms with van der Waals surface area (Å²) >= 11 is 0. The third-order valence-electron chi connectivity index (χ3n) is 7.24. The molecule has 2 heterocycles. The van der Waals surface area contributed by atoms with Gasteiger partial charge < -0.3 is 14.4 Å². The van der Waals surface area contributed by atoms with Crippen LogP contribution >= 0.6 is 0 Å². The van der Waals surface area contributed by atoms with Gasteiger partial charge in [0.15, 0.2) is 0 Å². The molecule has 4 rings (SSSR count). The van der Waals surface area contributed by atoms with Crippen LogP contribution in [0.5, 0.6) is 0 Å². The van der Waals surface area contributed by atoms with E-state index < -0.39 is 0 Å². The van der Waals surface area contributed by atoms with E-state index in [2.05, 4.69) is 24.5 Å². The Hall–Kier alpha value is -1.78. The SMILES string of the molecule is Cc1cc(C(=O)N2CCN(C(=O)C3CCCC3)CC2)c(C)n1C1CCCCC1. The third-order valence-corrected chi connectivity index (χ3v) is 7.24. The van der Waals surface area contributed by atoms with Gasteiger partial charge in [-0.25, -0.2) is 0 Å². The lowest BCUT2D eigenvalue weighted by Gasteiger charge is -2.36. The summed E-state index contributed by atoms with van der Waals surface area (Å²) in [6.07, 6.45) is 10.8. The zero-order valence-electron chi connectivity index (χ0n) is 17.6. The van der Waals surface area contributed by atoms with Crippen molar-refractivity contribution in [3.05, 3.63) is 23.0 Å². The molecule has 1 aliphatic heterocycles. The number of aromatic nitrogens is 1. The number of piperazine rings is 1. The normalized spacial score (nSPS) is 22.1. The lowest BCUT2D eigenvalue weighted by atomic mass is 9.95. The van der Waals surface area contributed by atoms with Gasteiger partial charge in [-0.15, -0.1) is 0 Å². The van der Waals surface area contributed by atoms with Crippen molar-refractivity contribution >= 4 is 11.8 Å². The lowest BCUT2D eigenvalue weighted by Crippen LogP contribution is -2.51. The average Bonchev–Trinajstić information content (AvgIpc) is 3.36. The van der Waals surface area contributed by atoms with Crippen molar-refractivity contribution in [3.63, 3.8) is 0 Å². The number of amides is 2. The van der Waals surface area contributed by atoms with Crippen LogP contribution in [0.2, 0.25) is 0 Å². The maximum Gasteiger partial charge on any atom is 0.255 e. The molecule has 1 aromatic rings. The molecule has 5 heteroatoms. The van der Waals surface area contributed by atoms with E-state index in [0.29, 0.717) is 38.1 Å². The molecule has 0 aromatic carbocycles. The van der Waals surface area contributed by atoms with E-state index in [1.54, 1.807) is 0 Å². The molecule has 2 amide bonds. The van der Waals surface area contributed by atoms with E-state index in [9.17, 15) is 9.59 Å². The van der Waals surface area contributed by atoms with E-state index in [1.807, 2.05) is 9.80 Å². The number of hydrogen-bond acceptors (Lipinski definition) is 2. The first-order valence-electron chi connectivity index (χ1n) is 11.3. The Morgan fingerprint density at radius 3 is 2.04 bits per heavy atom. The van der Waals surface area contributed by atoms with Crippen LogP contribution in [-0.4, -0.2) is 52.4 Å². The highest BCUT2D eigenvalue weighted by molar-refractivity contribution is 5.96. The highest BCUT2D eigenvalue weighted by atomic mass is 16.2. The molecule has 2 aliphatic carbocycles. The van der Waals surface area contributed by atoms with E-state index in [-0.39, 0.29) is 11.8 Å². The molecule has 1 aromatic heterocycles. The minimum Gasteiger partial charge on any atom is -0.345 e. The first kappa shape index (κ1) is 19.5. The van der Waals surface area contributed by atoms with Gasteiger partial charge >= 0.3 is 0 Å². The first-order valence-corrected chi connectivity index (χ1v) is 11.3. The Morgan fingerprint density at radius 2 is 1.39 bits per heavy atom. The quantitative estimate of drug-likeness (QED) is 0.787. The third kappa shape index (κ3) is 3.72. The average molecular weight is 386 g/mol. The Morgan fingerprint density at radius 1 is 0.821 bits per heavy atom. The molecule has 2 saturated carbocycles. The lowest BCUT2D eigenvalue weighted by molar-refractivity contribution is -0.136. The monoisotopic (exact) mass is 385 g/mol. The van der Waals surface area contributed by atoms with Crippen molar-refractivity contribution in [3.8, 4) is 0 Å². The summed E-state index contributed by atoms with van der Waals surface area (Å²) in [6.45, 7) is 6.92. The van der Waals surface area contributed by atoms with Crippen molar-refractivity contribution in [1.29, 1.82) is 0 Å². The van der Waals surface area contributed by atoms with Crippen molar-refractivity contribution in [2.24, 2.45) is 5.92 Å². The minimum atomic E-state index is 0.142. The fraction of sp³-hybridized carbons (Fsp3) is 0.739. The largest absolute Gasteiger partial charge is 0.345 e. The zero-order valence-corrected chi connectivity index (χ0v) is 17.6. The van der Waals surface area contributed by atoms with Gasteiger partial charge in [-0.3, -0.25) is 9.59 Å². The molecule has 0 spiro atoms. The Kier molecular flexibility index (Phi) is 5.79. The summed E-state index contributed by atoms with van der Waals surface area (Å²) in [4.78, 5) is 29.8. The molecular weight excluding hydrogens is 350 g/mol. The number of carbonyl (C=O) groups excluding carboxylic acids is 2. The molecular formula is C23H35N3O2. The van der Waals surface area contributed by atoms with Crippen molar-refractivity contribution in [2.75, 3.05) is 26.2 Å². The standard InChI is InChI=1S/C23H35N3O2/c1-17-16-21(18(2)26(17)20-10-4-3-5-11-20)23(28)25-14-12-24(13-15-25)22(27)19-8-6-7-9-19/h16,19-20H,3-15H2,1-2H3. The molecule has 3 aliphatic rings. The van der Waals surface area contributed by atoms with Gasteiger partial charge in [0.1, 0.15) is 0 Å². The van der Waals surface area contributed by atoms with E-state index >= 15 is 0 Å². The molecule has 5 nitrogen and oxygen atoms in total. The van der Waals surface area contributed by atoms with Crippen LogP contribution < -0.4 is 0 Å². The van der Waals surface area contributed by atoms with Crippen LogP contribution in [0.1, 0.15) is 85.6 Å². The molecule has 0 radical (unpaired) electrons. The summed E-state index contributed by atoms with van der Waals surface area (Å²) in [5, 5.41) is 0. The summed E-state index contributed by atoms with van der Waals surface area (Å²) in [6, 6.07) is 2.64. The number of carbonyl (C=O) groups is 2. The van der Waals surface area contributed by atoms with E-state index in [1.165, 1.54) is 50.6 Å². The van der Waals surface area contributed by atoms with Gasteiger partial charge in [-0.05, 0) is 45.6 Å². The van der Waals surface area contributed by atoms with Crippen LogP contribution in [0.25, 0.3) is 0 Å². The number of hydrogen-bond donors (Lipinski definition) is 0. The van der Waals surface area contributed by atoms with Crippen molar-refractivity contribution in [1.82, 2.24) is 14.4 Å². The van der Waals surface area contributed by atoms with Crippen molar-refractivity contribution in [2.45, 2.75) is 77.7 Å². The first-order chi connectivity index (χ1) is 13.6. The maximum atomic E-state index is 13.2. The number of rotatable bonds is 3. The molecule has 28 heavy (non-hydrogen) atoms. The summed E-state index contributed by atoms with van der Waals surface area (Å²) in [5.74, 6) is 0.694. The molecule has 3 fully saturated rings. The number of aryl methyl sites for hydroxylation is 1. The van der Waals surface area contributed by atoms with E-state index in [0.717, 1.165) is 24.1 Å². The summed E-state index contributed by atoms with van der Waals surface area (Å²) in [5.41, 5.74) is 3.19. The van der Waals surface area contributed by atoms with Crippen LogP contribution in [0.15, 0.2) is 6.07 Å². The van der Waals surface area contributed by atoms with Gasteiger partial charge in [0.05, 0.1) is 5.56 Å². The second kappa shape index (κ2) is 8.30. The van der Waals surface area contributed by atoms with Crippen LogP contribution in [-0.2, 0) is 4.79 Å². The van der Waals surface area contributed by atoms with Gasteiger partial charge in [0.2, 0.25) is 5.91 Å². The predicted molar refractivity (Wildman–Crippen MR) is 110 cm³/mol. The number of nitrogens with zero attached hydrogens (tertiary/aromatic N) is 3. The predicted octanol–water partition coefficient (Wildman–Crippen LogP) is 4.08. The van der Waals surface area contributed by atoms with E-state index in [4.69, 9.17) is 0 Å². The fourth-order valence-electron chi connectivity index (χ4n) is 5.63. The van der Waals surface area contributed by atoms with Crippen molar-refractivity contribution < 1.29 is 9.59 Å². The Labute approximate surface area is 169 Å². The molecule has 1 saturated heterocycles. The molecule has 0 atom stereocenters. The van der Waals surface area contributed by atoms with Gasteiger partial charge in [0.25, 0.3) is 5.91 Å². The molecule has 154 valence electrons. The van der Waals surface area contributed by atoms with Crippen LogP contribution in [0.3, 0.4) is 0 Å². The molecule has 0 bridgehead atoms. The van der Waals surface area contributed by atoms with Gasteiger partial charge in [0, 0.05) is 49.5 Å². The molecule has 0 N–H and O–H groups in total. The van der Waals surface area contributed by atoms with Crippen LogP contribution in [0.4, 0.5) is 0 Å². The fourth-order valence-corrected chi connectivity index (χ4v) is 5.63. The topological polar surface area (TPSA) is 45.6 Å². The maximum absolute atomic E-state index is 13.2. The highest BCUT2D eigenvalue weighted by Crippen LogP contribution is 2.32. The molecule has 0 unspecified atom stereocenters. The second-order valence-electron chi connectivity index (χ2n) is 9.05. The van der Waals surface area contributed by atoms with Crippen LogP contribution in [0, 0.1) is 19.8 Å². The second-order valence-corrected chi connectivity index (χ2v) is 9.05. The Balaban J connectivity index is 1.41. The zero-order chi connectivity index (χ0) is 19.7. The minimum absolute atomic E-state index is 0.142. The smallest absolute Gasteiger partial charge is 0.255 e. The summed E-state index contributed by atoms with van der Waals surface area (Å²) in [7, 11) is 0. The van der Waals surface area contributed by atoms with Gasteiger partial charge in [-0.1, -0.05) is 32.1 Å². The van der Waals surface area contributed by atoms with Gasteiger partial charge in [-0.2, -0.15) is 0 Å².